The van der Waals surface area contributed by atoms with Crippen molar-refractivity contribution < 1.29 is 9.50 Å². The number of hydrogen-bond donors (Lipinski definition) is 1. The standard InChI is InChI=1S/C14H20FNO/c1-16(13-8-4-7-12(15)9-13)10-14(17)11-5-2-3-6-11/h4,7-9,11,14,17H,2-3,5-6,10H2,1H3. The van der Waals surface area contributed by atoms with Gasteiger partial charge in [0.15, 0.2) is 0 Å². The van der Waals surface area contributed by atoms with E-state index in [9.17, 15) is 9.50 Å². The van der Waals surface area contributed by atoms with Gasteiger partial charge in [-0.3, -0.25) is 0 Å². The van der Waals surface area contributed by atoms with Crippen molar-refractivity contribution in [3.05, 3.63) is 30.1 Å². The maximum atomic E-state index is 13.1. The number of hydrogen-bond acceptors (Lipinski definition) is 2. The maximum absolute atomic E-state index is 13.1. The lowest BCUT2D eigenvalue weighted by Gasteiger charge is -2.26. The van der Waals surface area contributed by atoms with Gasteiger partial charge in [-0.2, -0.15) is 0 Å². The fraction of sp³-hybridized carbons (Fsp3) is 0.571. The number of anilines is 1. The number of aliphatic hydroxyl groups is 1. The number of nitrogens with zero attached hydrogens (tertiary/aromatic N) is 1. The van der Waals surface area contributed by atoms with Crippen LogP contribution in [0.3, 0.4) is 0 Å². The summed E-state index contributed by atoms with van der Waals surface area (Å²) in [6, 6.07) is 6.50. The lowest BCUT2D eigenvalue weighted by molar-refractivity contribution is 0.117. The molecule has 0 aliphatic heterocycles. The quantitative estimate of drug-likeness (QED) is 0.870. The second kappa shape index (κ2) is 5.50. The zero-order valence-corrected chi connectivity index (χ0v) is 10.3. The van der Waals surface area contributed by atoms with Gasteiger partial charge in [0.2, 0.25) is 0 Å². The molecular weight excluding hydrogens is 217 g/mol. The van der Waals surface area contributed by atoms with Gasteiger partial charge in [0.05, 0.1) is 6.10 Å². The van der Waals surface area contributed by atoms with Crippen molar-refractivity contribution in [2.45, 2.75) is 31.8 Å². The fourth-order valence-corrected chi connectivity index (χ4v) is 2.59. The van der Waals surface area contributed by atoms with Gasteiger partial charge in [-0.15, -0.1) is 0 Å². The van der Waals surface area contributed by atoms with Crippen molar-refractivity contribution in [3.63, 3.8) is 0 Å². The Labute approximate surface area is 102 Å². The summed E-state index contributed by atoms with van der Waals surface area (Å²) in [6.07, 6.45) is 4.40. The number of likely N-dealkylation sites (N-methyl/N-ethyl adjacent to an activating group) is 1. The molecule has 1 aromatic rings. The molecule has 3 heteroatoms. The van der Waals surface area contributed by atoms with Crippen LogP contribution in [0.2, 0.25) is 0 Å². The molecule has 0 saturated heterocycles. The first-order chi connectivity index (χ1) is 8.16. The summed E-state index contributed by atoms with van der Waals surface area (Å²) in [6.45, 7) is 0.578. The highest BCUT2D eigenvalue weighted by Gasteiger charge is 2.24. The Balaban J connectivity index is 1.93. The summed E-state index contributed by atoms with van der Waals surface area (Å²) in [5.74, 6) is 0.190. The Bertz CT molecular complexity index is 363. The lowest BCUT2D eigenvalue weighted by Crippen LogP contribution is -2.33. The van der Waals surface area contributed by atoms with Crippen LogP contribution in [0.15, 0.2) is 24.3 Å². The number of aliphatic hydroxyl groups excluding tert-OH is 1. The second-order valence-corrected chi connectivity index (χ2v) is 4.97. The van der Waals surface area contributed by atoms with E-state index >= 15 is 0 Å². The molecule has 2 nitrogen and oxygen atoms in total. The molecule has 0 heterocycles. The minimum Gasteiger partial charge on any atom is -0.391 e. The zero-order valence-electron chi connectivity index (χ0n) is 10.3. The molecule has 1 unspecified atom stereocenters. The summed E-state index contributed by atoms with van der Waals surface area (Å²) in [4.78, 5) is 1.92. The molecular formula is C14H20FNO. The predicted molar refractivity (Wildman–Crippen MR) is 67.6 cm³/mol. The Kier molecular flexibility index (Phi) is 4.00. The smallest absolute Gasteiger partial charge is 0.125 e. The maximum Gasteiger partial charge on any atom is 0.125 e. The SMILES string of the molecule is CN(CC(O)C1CCCC1)c1cccc(F)c1. The highest BCUT2D eigenvalue weighted by Crippen LogP contribution is 2.28. The van der Waals surface area contributed by atoms with Gasteiger partial charge in [-0.1, -0.05) is 18.9 Å². The van der Waals surface area contributed by atoms with E-state index in [-0.39, 0.29) is 11.9 Å². The third kappa shape index (κ3) is 3.19. The molecule has 1 fully saturated rings. The van der Waals surface area contributed by atoms with Crippen LogP contribution in [-0.2, 0) is 0 Å². The first-order valence-electron chi connectivity index (χ1n) is 6.31. The first kappa shape index (κ1) is 12.4. The highest BCUT2D eigenvalue weighted by molar-refractivity contribution is 5.45. The van der Waals surface area contributed by atoms with E-state index in [4.69, 9.17) is 0 Å². The molecule has 1 aliphatic rings. The van der Waals surface area contributed by atoms with E-state index in [1.807, 2.05) is 18.0 Å². The van der Waals surface area contributed by atoms with Gasteiger partial charge in [0, 0.05) is 19.3 Å². The van der Waals surface area contributed by atoms with E-state index in [2.05, 4.69) is 0 Å². The third-order valence-electron chi connectivity index (χ3n) is 3.65. The summed E-state index contributed by atoms with van der Waals surface area (Å²) < 4.78 is 13.1. The van der Waals surface area contributed by atoms with E-state index in [1.54, 1.807) is 6.07 Å². The Morgan fingerprint density at radius 2 is 2.12 bits per heavy atom. The van der Waals surface area contributed by atoms with Crippen LogP contribution in [0.1, 0.15) is 25.7 Å². The van der Waals surface area contributed by atoms with Crippen LogP contribution in [0.25, 0.3) is 0 Å². The van der Waals surface area contributed by atoms with Crippen LogP contribution in [0.4, 0.5) is 10.1 Å². The van der Waals surface area contributed by atoms with Gasteiger partial charge in [0.25, 0.3) is 0 Å². The van der Waals surface area contributed by atoms with Crippen molar-refractivity contribution in [3.8, 4) is 0 Å². The first-order valence-corrected chi connectivity index (χ1v) is 6.31. The molecule has 0 radical (unpaired) electrons. The molecule has 17 heavy (non-hydrogen) atoms. The zero-order chi connectivity index (χ0) is 12.3. The molecule has 0 amide bonds. The molecule has 1 N–H and O–H groups in total. The predicted octanol–water partition coefficient (Wildman–Crippen LogP) is 2.81. The van der Waals surface area contributed by atoms with Gasteiger partial charge in [-0.05, 0) is 37.0 Å². The number of halogens is 1. The molecule has 1 atom stereocenters. The molecule has 0 spiro atoms. The minimum atomic E-state index is -0.300. The molecule has 2 rings (SSSR count). The van der Waals surface area contributed by atoms with Crippen LogP contribution in [0, 0.1) is 11.7 Å². The van der Waals surface area contributed by atoms with Crippen LogP contribution >= 0.6 is 0 Å². The largest absolute Gasteiger partial charge is 0.391 e. The normalized spacial score (nSPS) is 18.3. The molecule has 1 saturated carbocycles. The van der Waals surface area contributed by atoms with Crippen LogP contribution in [0.5, 0.6) is 0 Å². The summed E-state index contributed by atoms with van der Waals surface area (Å²) in [7, 11) is 1.90. The van der Waals surface area contributed by atoms with E-state index in [0.29, 0.717) is 12.5 Å². The van der Waals surface area contributed by atoms with Crippen molar-refractivity contribution in [2.24, 2.45) is 5.92 Å². The van der Waals surface area contributed by atoms with E-state index in [1.165, 1.54) is 25.0 Å². The van der Waals surface area contributed by atoms with Crippen molar-refractivity contribution in [1.29, 1.82) is 0 Å². The third-order valence-corrected chi connectivity index (χ3v) is 3.65. The molecule has 0 aromatic heterocycles. The fourth-order valence-electron chi connectivity index (χ4n) is 2.59. The summed E-state index contributed by atoms with van der Waals surface area (Å²) >= 11 is 0. The van der Waals surface area contributed by atoms with Crippen molar-refractivity contribution in [1.82, 2.24) is 0 Å². The van der Waals surface area contributed by atoms with Crippen molar-refractivity contribution in [2.75, 3.05) is 18.5 Å². The minimum absolute atomic E-state index is 0.232. The van der Waals surface area contributed by atoms with Crippen molar-refractivity contribution >= 4 is 5.69 Å². The van der Waals surface area contributed by atoms with Crippen LogP contribution < -0.4 is 4.90 Å². The number of benzene rings is 1. The topological polar surface area (TPSA) is 23.5 Å². The second-order valence-electron chi connectivity index (χ2n) is 4.97. The van der Waals surface area contributed by atoms with Gasteiger partial charge < -0.3 is 10.0 Å². The molecule has 1 aromatic carbocycles. The van der Waals surface area contributed by atoms with Gasteiger partial charge in [0.1, 0.15) is 5.82 Å². The summed E-state index contributed by atoms with van der Waals surface area (Å²) in [5, 5.41) is 10.1. The van der Waals surface area contributed by atoms with Gasteiger partial charge >= 0.3 is 0 Å². The van der Waals surface area contributed by atoms with Crippen LogP contribution in [-0.4, -0.2) is 24.8 Å². The molecule has 94 valence electrons. The summed E-state index contributed by atoms with van der Waals surface area (Å²) in [5.41, 5.74) is 0.821. The average molecular weight is 237 g/mol. The highest BCUT2D eigenvalue weighted by atomic mass is 19.1. The Morgan fingerprint density at radius 1 is 1.41 bits per heavy atom. The van der Waals surface area contributed by atoms with E-state index in [0.717, 1.165) is 18.5 Å². The van der Waals surface area contributed by atoms with Gasteiger partial charge in [-0.25, -0.2) is 4.39 Å². The number of rotatable bonds is 4. The monoisotopic (exact) mass is 237 g/mol. The Morgan fingerprint density at radius 3 is 2.76 bits per heavy atom. The van der Waals surface area contributed by atoms with E-state index < -0.39 is 0 Å². The molecule has 1 aliphatic carbocycles. The molecule has 0 bridgehead atoms. The Hall–Kier alpha value is -1.09. The lowest BCUT2D eigenvalue weighted by atomic mass is 10.0. The average Bonchev–Trinajstić information content (AvgIpc) is 2.82.